The summed E-state index contributed by atoms with van der Waals surface area (Å²) < 4.78 is 0. The van der Waals surface area contributed by atoms with E-state index in [9.17, 15) is 0 Å². The van der Waals surface area contributed by atoms with Gasteiger partial charge in [-0.3, -0.25) is 4.99 Å². The highest BCUT2D eigenvalue weighted by Crippen LogP contribution is 2.20. The fourth-order valence-electron chi connectivity index (χ4n) is 3.92. The van der Waals surface area contributed by atoms with Crippen LogP contribution in [0.3, 0.4) is 0 Å². The Hall–Kier alpha value is -2.29. The van der Waals surface area contributed by atoms with Gasteiger partial charge in [-0.1, -0.05) is 12.1 Å². The van der Waals surface area contributed by atoms with Crippen LogP contribution in [0.4, 0.5) is 5.82 Å². The van der Waals surface area contributed by atoms with Crippen molar-refractivity contribution in [3.63, 3.8) is 0 Å². The molecule has 4 rings (SSSR count). The number of anilines is 1. The molecule has 0 amide bonds. The largest absolute Gasteiger partial charge is 0.361 e. The molecule has 1 aliphatic heterocycles. The number of H-pyrrole nitrogens is 1. The number of benzene rings is 1. The van der Waals surface area contributed by atoms with Gasteiger partial charge < -0.3 is 20.5 Å². The molecule has 0 spiro atoms. The Bertz CT molecular complexity index is 990. The lowest BCUT2D eigenvalue weighted by Gasteiger charge is -2.17. The zero-order valence-corrected chi connectivity index (χ0v) is 20.1. The highest BCUT2D eigenvalue weighted by atomic mass is 127. The Morgan fingerprint density at radius 1 is 1.17 bits per heavy atom. The van der Waals surface area contributed by atoms with Crippen LogP contribution in [0.15, 0.2) is 47.7 Å². The van der Waals surface area contributed by atoms with Crippen LogP contribution in [0.25, 0.3) is 10.9 Å². The van der Waals surface area contributed by atoms with Crippen LogP contribution in [0.2, 0.25) is 0 Å². The molecular formula is C23H31IN6. The van der Waals surface area contributed by atoms with E-state index < -0.39 is 0 Å². The summed E-state index contributed by atoms with van der Waals surface area (Å²) in [6.07, 6.45) is 7.48. The number of nitrogens with zero attached hydrogens (tertiary/aromatic N) is 3. The van der Waals surface area contributed by atoms with E-state index in [1.807, 2.05) is 13.2 Å². The summed E-state index contributed by atoms with van der Waals surface area (Å²) in [6, 6.07) is 10.8. The topological polar surface area (TPSA) is 68.3 Å². The second-order valence-corrected chi connectivity index (χ2v) is 7.68. The average molecular weight is 518 g/mol. The van der Waals surface area contributed by atoms with Crippen molar-refractivity contribution in [2.45, 2.75) is 32.7 Å². The van der Waals surface area contributed by atoms with Gasteiger partial charge in [0.15, 0.2) is 5.96 Å². The molecule has 0 radical (unpaired) electrons. The van der Waals surface area contributed by atoms with Crippen LogP contribution in [0, 0.1) is 6.92 Å². The number of aromatic amines is 1. The number of aromatic nitrogens is 2. The van der Waals surface area contributed by atoms with Crippen LogP contribution in [-0.2, 0) is 13.0 Å². The number of rotatable bonds is 6. The second kappa shape index (κ2) is 10.7. The van der Waals surface area contributed by atoms with Crippen molar-refractivity contribution >= 4 is 46.7 Å². The molecule has 160 valence electrons. The van der Waals surface area contributed by atoms with Gasteiger partial charge in [-0.15, -0.1) is 24.0 Å². The lowest BCUT2D eigenvalue weighted by Crippen LogP contribution is -2.37. The van der Waals surface area contributed by atoms with Crippen molar-refractivity contribution in [2.75, 3.05) is 31.6 Å². The van der Waals surface area contributed by atoms with Gasteiger partial charge in [-0.05, 0) is 61.1 Å². The number of hydrogen-bond donors (Lipinski definition) is 3. The minimum atomic E-state index is 0. The van der Waals surface area contributed by atoms with E-state index in [0.717, 1.165) is 44.4 Å². The molecule has 2 aromatic heterocycles. The molecule has 30 heavy (non-hydrogen) atoms. The van der Waals surface area contributed by atoms with E-state index in [4.69, 9.17) is 0 Å². The Balaban J connectivity index is 0.00000256. The zero-order chi connectivity index (χ0) is 20.1. The van der Waals surface area contributed by atoms with Gasteiger partial charge in [-0.25, -0.2) is 4.98 Å². The van der Waals surface area contributed by atoms with Crippen molar-refractivity contribution < 1.29 is 0 Å². The smallest absolute Gasteiger partial charge is 0.191 e. The third-order valence-corrected chi connectivity index (χ3v) is 5.53. The van der Waals surface area contributed by atoms with Gasteiger partial charge in [0, 0.05) is 56.5 Å². The molecule has 1 saturated heterocycles. The van der Waals surface area contributed by atoms with Crippen LogP contribution < -0.4 is 15.5 Å². The summed E-state index contributed by atoms with van der Waals surface area (Å²) in [5.41, 5.74) is 5.02. The van der Waals surface area contributed by atoms with Crippen molar-refractivity contribution in [3.8, 4) is 0 Å². The van der Waals surface area contributed by atoms with Gasteiger partial charge in [0.1, 0.15) is 5.82 Å². The minimum absolute atomic E-state index is 0. The lowest BCUT2D eigenvalue weighted by molar-refractivity contribution is 0.795. The van der Waals surface area contributed by atoms with Crippen LogP contribution in [0.5, 0.6) is 0 Å². The average Bonchev–Trinajstić information content (AvgIpc) is 3.41. The molecule has 6 nitrogen and oxygen atoms in total. The molecule has 1 fully saturated rings. The molecule has 3 N–H and O–H groups in total. The van der Waals surface area contributed by atoms with Crippen LogP contribution in [-0.4, -0.2) is 42.6 Å². The van der Waals surface area contributed by atoms with E-state index in [1.165, 1.54) is 40.4 Å². The lowest BCUT2D eigenvalue weighted by atomic mass is 10.1. The van der Waals surface area contributed by atoms with Crippen molar-refractivity contribution in [1.82, 2.24) is 20.6 Å². The fourth-order valence-corrected chi connectivity index (χ4v) is 3.92. The van der Waals surface area contributed by atoms with E-state index in [2.05, 4.69) is 73.9 Å². The fraction of sp³-hybridized carbons (Fsp3) is 0.391. The predicted molar refractivity (Wildman–Crippen MR) is 136 cm³/mol. The van der Waals surface area contributed by atoms with Crippen molar-refractivity contribution in [2.24, 2.45) is 4.99 Å². The summed E-state index contributed by atoms with van der Waals surface area (Å²) >= 11 is 0. The second-order valence-electron chi connectivity index (χ2n) is 7.68. The number of aliphatic imine (C=N–C) groups is 1. The highest BCUT2D eigenvalue weighted by molar-refractivity contribution is 14.0. The minimum Gasteiger partial charge on any atom is -0.361 e. The summed E-state index contributed by atoms with van der Waals surface area (Å²) in [7, 11) is 1.81. The van der Waals surface area contributed by atoms with E-state index in [-0.39, 0.29) is 24.0 Å². The zero-order valence-electron chi connectivity index (χ0n) is 17.7. The Morgan fingerprint density at radius 2 is 2.00 bits per heavy atom. The van der Waals surface area contributed by atoms with Crippen LogP contribution >= 0.6 is 24.0 Å². The summed E-state index contributed by atoms with van der Waals surface area (Å²) in [5.74, 6) is 1.90. The first-order chi connectivity index (χ1) is 14.2. The number of guanidine groups is 1. The van der Waals surface area contributed by atoms with Gasteiger partial charge >= 0.3 is 0 Å². The molecule has 1 aliphatic rings. The first-order valence-corrected chi connectivity index (χ1v) is 10.4. The quantitative estimate of drug-likeness (QED) is 0.262. The number of halogens is 1. The van der Waals surface area contributed by atoms with Gasteiger partial charge in [0.25, 0.3) is 0 Å². The third-order valence-electron chi connectivity index (χ3n) is 5.53. The summed E-state index contributed by atoms with van der Waals surface area (Å²) in [6.45, 7) is 5.90. The van der Waals surface area contributed by atoms with E-state index in [0.29, 0.717) is 0 Å². The van der Waals surface area contributed by atoms with Gasteiger partial charge in [0.05, 0.1) is 0 Å². The maximum Gasteiger partial charge on any atom is 0.191 e. The predicted octanol–water partition coefficient (Wildman–Crippen LogP) is 4.00. The monoisotopic (exact) mass is 518 g/mol. The molecule has 3 aromatic rings. The van der Waals surface area contributed by atoms with Gasteiger partial charge in [0.2, 0.25) is 0 Å². The highest BCUT2D eigenvalue weighted by Gasteiger charge is 2.13. The number of pyridine rings is 1. The molecule has 0 bridgehead atoms. The maximum atomic E-state index is 4.53. The van der Waals surface area contributed by atoms with Crippen molar-refractivity contribution in [1.29, 1.82) is 0 Å². The maximum absolute atomic E-state index is 4.53. The number of fused-ring (bicyclic) bond motifs is 1. The number of aryl methyl sites for hydroxylation is 1. The van der Waals surface area contributed by atoms with Crippen LogP contribution in [0.1, 0.15) is 29.5 Å². The van der Waals surface area contributed by atoms with Gasteiger partial charge in [-0.2, -0.15) is 0 Å². The standard InChI is InChI=1S/C23H30N6.HI/c1-17-5-6-20-19(16-27-21(20)13-17)8-10-26-23(24-2)28-15-18-7-9-25-22(14-18)29-11-3-4-12-29;/h5-7,9,13-14,16,27H,3-4,8,10-12,15H2,1-2H3,(H2,24,26,28);1H. The van der Waals surface area contributed by atoms with E-state index in [1.54, 1.807) is 0 Å². The Morgan fingerprint density at radius 3 is 2.80 bits per heavy atom. The molecule has 0 saturated carbocycles. The summed E-state index contributed by atoms with van der Waals surface area (Å²) in [5, 5.41) is 8.13. The molecule has 7 heteroatoms. The SMILES string of the molecule is CN=C(NCCc1c[nH]c2cc(C)ccc12)NCc1ccnc(N2CCCC2)c1.I. The number of hydrogen-bond acceptors (Lipinski definition) is 3. The Labute approximate surface area is 195 Å². The molecule has 0 unspecified atom stereocenters. The molecule has 3 heterocycles. The van der Waals surface area contributed by atoms with E-state index >= 15 is 0 Å². The molecule has 1 aromatic carbocycles. The normalized spacial score (nSPS) is 14.1. The first kappa shape index (κ1) is 22.4. The Kier molecular flexibility index (Phi) is 7.95. The number of nitrogens with one attached hydrogen (secondary N) is 3. The third kappa shape index (κ3) is 5.44. The first-order valence-electron chi connectivity index (χ1n) is 10.4. The van der Waals surface area contributed by atoms with Crippen molar-refractivity contribution in [3.05, 3.63) is 59.4 Å². The molecule has 0 aliphatic carbocycles. The molecular weight excluding hydrogens is 487 g/mol. The summed E-state index contributed by atoms with van der Waals surface area (Å²) in [4.78, 5) is 14.6. The molecule has 0 atom stereocenters.